The molecule has 1 aliphatic heterocycles. The number of carbonyl (C=O) groups excluding carboxylic acids is 1. The van der Waals surface area contributed by atoms with Gasteiger partial charge in [0.25, 0.3) is 0 Å². The van der Waals surface area contributed by atoms with Gasteiger partial charge in [0.2, 0.25) is 5.91 Å². The predicted molar refractivity (Wildman–Crippen MR) is 84.4 cm³/mol. The average molecular weight is 309 g/mol. The Bertz CT molecular complexity index is 499. The third-order valence-corrected chi connectivity index (χ3v) is 4.45. The van der Waals surface area contributed by atoms with Crippen molar-refractivity contribution in [2.75, 3.05) is 19.8 Å². The zero-order chi connectivity index (χ0) is 15.5. The number of amides is 1. The van der Waals surface area contributed by atoms with Crippen molar-refractivity contribution in [3.8, 4) is 0 Å². The second-order valence-electron chi connectivity index (χ2n) is 5.93. The van der Waals surface area contributed by atoms with Gasteiger partial charge >= 0.3 is 0 Å². The SMILES string of the molecule is C=CC(=O)N(Cc1ccsc1C)CC1COC(C)(C)CO1. The molecule has 1 atom stereocenters. The van der Waals surface area contributed by atoms with Gasteiger partial charge in [0, 0.05) is 18.0 Å². The Morgan fingerprint density at radius 3 is 2.90 bits per heavy atom. The number of rotatable bonds is 5. The molecule has 0 N–H and O–H groups in total. The third-order valence-electron chi connectivity index (χ3n) is 3.56. The van der Waals surface area contributed by atoms with Crippen molar-refractivity contribution in [2.45, 2.75) is 39.0 Å². The zero-order valence-corrected chi connectivity index (χ0v) is 13.7. The first-order valence-corrected chi connectivity index (χ1v) is 7.99. The van der Waals surface area contributed by atoms with Crippen molar-refractivity contribution < 1.29 is 14.3 Å². The van der Waals surface area contributed by atoms with Gasteiger partial charge in [0.1, 0.15) is 0 Å². The van der Waals surface area contributed by atoms with E-state index in [2.05, 4.69) is 19.6 Å². The third kappa shape index (κ3) is 4.40. The van der Waals surface area contributed by atoms with Crippen LogP contribution < -0.4 is 0 Å². The van der Waals surface area contributed by atoms with Crippen molar-refractivity contribution in [3.05, 3.63) is 34.5 Å². The van der Waals surface area contributed by atoms with E-state index in [4.69, 9.17) is 9.47 Å². The lowest BCUT2D eigenvalue weighted by atomic mass is 10.1. The number of hydrogen-bond acceptors (Lipinski definition) is 4. The molecule has 0 radical (unpaired) electrons. The Balaban J connectivity index is 1.99. The van der Waals surface area contributed by atoms with E-state index in [-0.39, 0.29) is 17.6 Å². The minimum Gasteiger partial charge on any atom is -0.371 e. The van der Waals surface area contributed by atoms with E-state index in [1.165, 1.54) is 16.5 Å². The molecule has 1 amide bonds. The normalized spacial score (nSPS) is 21.0. The first-order chi connectivity index (χ1) is 9.91. The number of aryl methyl sites for hydroxylation is 1. The average Bonchev–Trinajstić information content (AvgIpc) is 2.85. The van der Waals surface area contributed by atoms with Crippen LogP contribution in [0, 0.1) is 6.92 Å². The van der Waals surface area contributed by atoms with Crippen molar-refractivity contribution in [1.29, 1.82) is 0 Å². The second-order valence-corrected chi connectivity index (χ2v) is 7.05. The largest absolute Gasteiger partial charge is 0.371 e. The van der Waals surface area contributed by atoms with Crippen LogP contribution in [-0.2, 0) is 20.8 Å². The van der Waals surface area contributed by atoms with Gasteiger partial charge in [0.05, 0.1) is 24.9 Å². The number of hydrogen-bond donors (Lipinski definition) is 0. The summed E-state index contributed by atoms with van der Waals surface area (Å²) in [5.41, 5.74) is 0.931. The standard InChI is InChI=1S/C16H23NO3S/c1-5-15(18)17(8-13-6-7-21-12(13)2)9-14-10-20-16(3,4)11-19-14/h5-7,14H,1,8-11H2,2-4H3. The molecule has 0 saturated carbocycles. The Morgan fingerprint density at radius 2 is 2.38 bits per heavy atom. The van der Waals surface area contributed by atoms with E-state index in [0.717, 1.165) is 0 Å². The predicted octanol–water partition coefficient (Wildman–Crippen LogP) is 2.77. The molecule has 21 heavy (non-hydrogen) atoms. The fourth-order valence-corrected chi connectivity index (χ4v) is 2.94. The van der Waals surface area contributed by atoms with Gasteiger partial charge in [0.15, 0.2) is 0 Å². The molecule has 1 aromatic rings. The quantitative estimate of drug-likeness (QED) is 0.785. The molecule has 0 aromatic carbocycles. The summed E-state index contributed by atoms with van der Waals surface area (Å²) in [6.45, 7) is 11.8. The van der Waals surface area contributed by atoms with E-state index >= 15 is 0 Å². The highest BCUT2D eigenvalue weighted by molar-refractivity contribution is 7.10. The highest BCUT2D eigenvalue weighted by Crippen LogP contribution is 2.21. The van der Waals surface area contributed by atoms with Crippen LogP contribution in [0.3, 0.4) is 0 Å². The van der Waals surface area contributed by atoms with Gasteiger partial charge in [-0.1, -0.05) is 6.58 Å². The first kappa shape index (κ1) is 16.2. The molecule has 1 fully saturated rings. The minimum absolute atomic E-state index is 0.0750. The maximum Gasteiger partial charge on any atom is 0.246 e. The Kier molecular flexibility index (Phi) is 5.19. The summed E-state index contributed by atoms with van der Waals surface area (Å²) in [6, 6.07) is 2.06. The van der Waals surface area contributed by atoms with Gasteiger partial charge in [-0.3, -0.25) is 4.79 Å². The van der Waals surface area contributed by atoms with E-state index in [0.29, 0.717) is 26.3 Å². The summed E-state index contributed by atoms with van der Waals surface area (Å²) in [5.74, 6) is -0.0750. The van der Waals surface area contributed by atoms with Gasteiger partial charge in [-0.2, -0.15) is 0 Å². The molecule has 1 aromatic heterocycles. The van der Waals surface area contributed by atoms with E-state index in [1.54, 1.807) is 16.2 Å². The lowest BCUT2D eigenvalue weighted by Gasteiger charge is -2.37. The highest BCUT2D eigenvalue weighted by atomic mass is 32.1. The van der Waals surface area contributed by atoms with E-state index < -0.39 is 0 Å². The molecule has 0 aliphatic carbocycles. The van der Waals surface area contributed by atoms with Crippen LogP contribution in [0.4, 0.5) is 0 Å². The fraction of sp³-hybridized carbons (Fsp3) is 0.562. The molecule has 116 valence electrons. The highest BCUT2D eigenvalue weighted by Gasteiger charge is 2.30. The molecule has 1 unspecified atom stereocenters. The van der Waals surface area contributed by atoms with Crippen molar-refractivity contribution in [1.82, 2.24) is 4.90 Å². The van der Waals surface area contributed by atoms with Crippen LogP contribution in [0.5, 0.6) is 0 Å². The number of thiophene rings is 1. The Morgan fingerprint density at radius 1 is 1.62 bits per heavy atom. The van der Waals surface area contributed by atoms with Crippen LogP contribution >= 0.6 is 11.3 Å². The molecular weight excluding hydrogens is 286 g/mol. The molecule has 0 spiro atoms. The maximum absolute atomic E-state index is 12.1. The van der Waals surface area contributed by atoms with Crippen molar-refractivity contribution >= 4 is 17.2 Å². The van der Waals surface area contributed by atoms with Gasteiger partial charge in [-0.15, -0.1) is 11.3 Å². The number of ether oxygens (including phenoxy) is 2. The molecule has 0 bridgehead atoms. The summed E-state index contributed by atoms with van der Waals surface area (Å²) in [5, 5.41) is 2.05. The lowest BCUT2D eigenvalue weighted by Crippen LogP contribution is -2.47. The minimum atomic E-state index is -0.242. The molecule has 4 nitrogen and oxygen atoms in total. The van der Waals surface area contributed by atoms with E-state index in [9.17, 15) is 4.79 Å². The second kappa shape index (κ2) is 6.73. The summed E-state index contributed by atoms with van der Waals surface area (Å²) in [4.78, 5) is 15.1. The summed E-state index contributed by atoms with van der Waals surface area (Å²) < 4.78 is 11.6. The Hall–Kier alpha value is -1.17. The lowest BCUT2D eigenvalue weighted by molar-refractivity contribution is -0.180. The van der Waals surface area contributed by atoms with Crippen LogP contribution in [0.15, 0.2) is 24.1 Å². The topological polar surface area (TPSA) is 38.8 Å². The van der Waals surface area contributed by atoms with Crippen molar-refractivity contribution in [2.24, 2.45) is 0 Å². The summed E-state index contributed by atoms with van der Waals surface area (Å²) in [7, 11) is 0. The molecule has 1 saturated heterocycles. The van der Waals surface area contributed by atoms with E-state index in [1.807, 2.05) is 19.2 Å². The zero-order valence-electron chi connectivity index (χ0n) is 12.9. The first-order valence-electron chi connectivity index (χ1n) is 7.11. The van der Waals surface area contributed by atoms with Gasteiger partial charge in [-0.25, -0.2) is 0 Å². The van der Waals surface area contributed by atoms with Crippen LogP contribution in [0.1, 0.15) is 24.3 Å². The van der Waals surface area contributed by atoms with Gasteiger partial charge in [-0.05, 0) is 43.9 Å². The van der Waals surface area contributed by atoms with Crippen LogP contribution in [0.2, 0.25) is 0 Å². The smallest absolute Gasteiger partial charge is 0.246 e. The summed E-state index contributed by atoms with van der Waals surface area (Å²) in [6.07, 6.45) is 1.27. The van der Waals surface area contributed by atoms with Crippen LogP contribution in [0.25, 0.3) is 0 Å². The molecular formula is C16H23NO3S. The summed E-state index contributed by atoms with van der Waals surface area (Å²) >= 11 is 1.69. The van der Waals surface area contributed by atoms with Crippen molar-refractivity contribution in [3.63, 3.8) is 0 Å². The maximum atomic E-state index is 12.1. The number of carbonyl (C=O) groups is 1. The molecule has 2 rings (SSSR count). The number of nitrogens with zero attached hydrogens (tertiary/aromatic N) is 1. The molecule has 2 heterocycles. The van der Waals surface area contributed by atoms with Gasteiger partial charge < -0.3 is 14.4 Å². The molecule has 5 heteroatoms. The fourth-order valence-electron chi connectivity index (χ4n) is 2.22. The molecule has 1 aliphatic rings. The Labute approximate surface area is 130 Å². The monoisotopic (exact) mass is 309 g/mol. The van der Waals surface area contributed by atoms with Crippen LogP contribution in [-0.4, -0.2) is 42.3 Å².